The van der Waals surface area contributed by atoms with Crippen LogP contribution in [0, 0.1) is 11.2 Å². The summed E-state index contributed by atoms with van der Waals surface area (Å²) >= 11 is 0. The molecule has 0 aromatic heterocycles. The Morgan fingerprint density at radius 3 is 2.60 bits per heavy atom. The molecule has 2 fully saturated rings. The monoisotopic (exact) mass is 279 g/mol. The number of halogens is 1. The highest BCUT2D eigenvalue weighted by atomic mass is 19.1. The van der Waals surface area contributed by atoms with Gasteiger partial charge >= 0.3 is 0 Å². The minimum Gasteiger partial charge on any atom is -0.394 e. The first kappa shape index (κ1) is 14.0. The lowest BCUT2D eigenvalue weighted by Crippen LogP contribution is -2.50. The van der Waals surface area contributed by atoms with Crippen molar-refractivity contribution in [3.63, 3.8) is 0 Å². The van der Waals surface area contributed by atoms with Crippen LogP contribution in [0.1, 0.15) is 37.8 Å². The van der Waals surface area contributed by atoms with Crippen molar-refractivity contribution in [1.29, 1.82) is 0 Å². The van der Waals surface area contributed by atoms with Gasteiger partial charge in [-0.25, -0.2) is 4.39 Å². The Morgan fingerprint density at radius 1 is 1.35 bits per heavy atom. The predicted octanol–water partition coefficient (Wildman–Crippen LogP) is 2.41. The summed E-state index contributed by atoms with van der Waals surface area (Å²) in [7, 11) is 0. The molecular formula is C16H22FNO2. The van der Waals surface area contributed by atoms with Gasteiger partial charge < -0.3 is 15.2 Å². The van der Waals surface area contributed by atoms with E-state index in [1.165, 1.54) is 12.1 Å². The van der Waals surface area contributed by atoms with Gasteiger partial charge in [-0.15, -0.1) is 0 Å². The van der Waals surface area contributed by atoms with Crippen LogP contribution in [-0.2, 0) is 4.74 Å². The third-order valence-electron chi connectivity index (χ3n) is 4.65. The minimum atomic E-state index is -0.245. The first-order valence-corrected chi connectivity index (χ1v) is 7.34. The maximum Gasteiger partial charge on any atom is 0.123 e. The molecular weight excluding hydrogens is 257 g/mol. The zero-order chi connectivity index (χ0) is 14.2. The van der Waals surface area contributed by atoms with Crippen molar-refractivity contribution in [3.05, 3.63) is 35.6 Å². The van der Waals surface area contributed by atoms with Gasteiger partial charge in [-0.05, 0) is 49.3 Å². The van der Waals surface area contributed by atoms with E-state index in [1.54, 1.807) is 12.1 Å². The van der Waals surface area contributed by atoms with E-state index in [9.17, 15) is 9.50 Å². The van der Waals surface area contributed by atoms with Crippen molar-refractivity contribution in [2.24, 2.45) is 5.41 Å². The molecule has 2 N–H and O–H groups in total. The molecule has 3 nitrogen and oxygen atoms in total. The first-order chi connectivity index (χ1) is 9.60. The summed E-state index contributed by atoms with van der Waals surface area (Å²) in [5.41, 5.74) is 1.30. The second-order valence-electron chi connectivity index (χ2n) is 6.38. The summed E-state index contributed by atoms with van der Waals surface area (Å²) in [5.74, 6) is -0.245. The Morgan fingerprint density at radius 2 is 2.05 bits per heavy atom. The van der Waals surface area contributed by atoms with Crippen LogP contribution >= 0.6 is 0 Å². The maximum absolute atomic E-state index is 12.9. The molecule has 1 spiro atoms. The molecule has 1 aromatic rings. The van der Waals surface area contributed by atoms with Crippen molar-refractivity contribution in [2.45, 2.75) is 44.4 Å². The average molecular weight is 279 g/mol. The third kappa shape index (κ3) is 2.73. The first-order valence-electron chi connectivity index (χ1n) is 7.34. The number of aliphatic hydroxyl groups excluding tert-OH is 1. The van der Waals surface area contributed by atoms with Crippen LogP contribution in [0.15, 0.2) is 24.3 Å². The SMILES string of the molecule is CC1CC2(CO1)CC(NC(CO)c1ccc(F)cc1)C2. The lowest BCUT2D eigenvalue weighted by molar-refractivity contribution is 0.0428. The smallest absolute Gasteiger partial charge is 0.123 e. The van der Waals surface area contributed by atoms with E-state index < -0.39 is 0 Å². The second-order valence-corrected chi connectivity index (χ2v) is 6.38. The summed E-state index contributed by atoms with van der Waals surface area (Å²) in [5, 5.41) is 13.0. The fourth-order valence-electron chi connectivity index (χ4n) is 3.67. The standard InChI is InChI=1S/C16H22FNO2/c1-11-6-16(10-20-11)7-14(8-16)18-15(9-19)12-2-4-13(17)5-3-12/h2-5,11,14-15,18-19H,6-10H2,1H3. The molecule has 1 aliphatic heterocycles. The van der Waals surface area contributed by atoms with Gasteiger partial charge in [0.05, 0.1) is 25.4 Å². The van der Waals surface area contributed by atoms with E-state index in [1.807, 2.05) is 0 Å². The lowest BCUT2D eigenvalue weighted by atomic mass is 9.64. The van der Waals surface area contributed by atoms with Crippen LogP contribution in [0.5, 0.6) is 0 Å². The van der Waals surface area contributed by atoms with E-state index in [0.29, 0.717) is 17.6 Å². The summed E-state index contributed by atoms with van der Waals surface area (Å²) < 4.78 is 18.6. The summed E-state index contributed by atoms with van der Waals surface area (Å²) in [6.45, 7) is 3.03. The van der Waals surface area contributed by atoms with Crippen molar-refractivity contribution in [3.8, 4) is 0 Å². The average Bonchev–Trinajstić information content (AvgIpc) is 2.78. The molecule has 2 atom stereocenters. The zero-order valence-electron chi connectivity index (χ0n) is 11.8. The molecule has 1 saturated heterocycles. The van der Waals surface area contributed by atoms with Gasteiger partial charge in [0.1, 0.15) is 5.82 Å². The van der Waals surface area contributed by atoms with E-state index in [2.05, 4.69) is 12.2 Å². The van der Waals surface area contributed by atoms with Gasteiger partial charge in [0.2, 0.25) is 0 Å². The molecule has 2 unspecified atom stereocenters. The molecule has 0 amide bonds. The Kier molecular flexibility index (Phi) is 3.80. The minimum absolute atomic E-state index is 0.0298. The molecule has 1 heterocycles. The highest BCUT2D eigenvalue weighted by Crippen LogP contribution is 2.49. The Labute approximate surface area is 119 Å². The van der Waals surface area contributed by atoms with Gasteiger partial charge in [0.25, 0.3) is 0 Å². The summed E-state index contributed by atoms with van der Waals surface area (Å²) in [6.07, 6.45) is 3.73. The largest absolute Gasteiger partial charge is 0.394 e. The normalized spacial score (nSPS) is 34.1. The molecule has 0 radical (unpaired) electrons. The van der Waals surface area contributed by atoms with Gasteiger partial charge in [-0.3, -0.25) is 0 Å². The zero-order valence-corrected chi connectivity index (χ0v) is 11.8. The van der Waals surface area contributed by atoms with Crippen molar-refractivity contribution in [1.82, 2.24) is 5.32 Å². The fourth-order valence-corrected chi connectivity index (χ4v) is 3.67. The molecule has 20 heavy (non-hydrogen) atoms. The van der Waals surface area contributed by atoms with Crippen LogP contribution in [0.2, 0.25) is 0 Å². The number of aliphatic hydroxyl groups is 1. The third-order valence-corrected chi connectivity index (χ3v) is 4.65. The molecule has 4 heteroatoms. The number of hydrogen-bond acceptors (Lipinski definition) is 3. The van der Waals surface area contributed by atoms with Crippen LogP contribution in [-0.4, -0.2) is 30.5 Å². The van der Waals surface area contributed by atoms with Crippen molar-refractivity contribution < 1.29 is 14.2 Å². The number of nitrogens with one attached hydrogen (secondary N) is 1. The molecule has 1 saturated carbocycles. The number of ether oxygens (including phenoxy) is 1. The van der Waals surface area contributed by atoms with Gasteiger partial charge in [0.15, 0.2) is 0 Å². The van der Waals surface area contributed by atoms with Crippen LogP contribution in [0.4, 0.5) is 4.39 Å². The molecule has 110 valence electrons. The fraction of sp³-hybridized carbons (Fsp3) is 0.625. The predicted molar refractivity (Wildman–Crippen MR) is 74.8 cm³/mol. The molecule has 1 aliphatic carbocycles. The topological polar surface area (TPSA) is 41.5 Å². The lowest BCUT2D eigenvalue weighted by Gasteiger charge is -2.46. The van der Waals surface area contributed by atoms with E-state index in [-0.39, 0.29) is 18.5 Å². The molecule has 0 bridgehead atoms. The molecule has 1 aromatic carbocycles. The Bertz CT molecular complexity index is 456. The van der Waals surface area contributed by atoms with E-state index in [0.717, 1.165) is 31.4 Å². The quantitative estimate of drug-likeness (QED) is 0.889. The summed E-state index contributed by atoms with van der Waals surface area (Å²) in [6, 6.07) is 6.66. The Hall–Kier alpha value is -0.970. The maximum atomic E-state index is 12.9. The van der Waals surface area contributed by atoms with Crippen LogP contribution in [0.25, 0.3) is 0 Å². The van der Waals surface area contributed by atoms with Crippen molar-refractivity contribution >= 4 is 0 Å². The number of hydrogen-bond donors (Lipinski definition) is 2. The second kappa shape index (κ2) is 5.43. The molecule has 2 aliphatic rings. The highest BCUT2D eigenvalue weighted by Gasteiger charge is 2.49. The van der Waals surface area contributed by atoms with E-state index in [4.69, 9.17) is 4.74 Å². The van der Waals surface area contributed by atoms with Crippen LogP contribution < -0.4 is 5.32 Å². The molecule has 3 rings (SSSR count). The number of benzene rings is 1. The number of rotatable bonds is 4. The van der Waals surface area contributed by atoms with Crippen LogP contribution in [0.3, 0.4) is 0 Å². The highest BCUT2D eigenvalue weighted by molar-refractivity contribution is 5.20. The Balaban J connectivity index is 1.56. The van der Waals surface area contributed by atoms with Gasteiger partial charge in [-0.2, -0.15) is 0 Å². The summed E-state index contributed by atoms with van der Waals surface area (Å²) in [4.78, 5) is 0. The van der Waals surface area contributed by atoms with E-state index >= 15 is 0 Å². The van der Waals surface area contributed by atoms with Gasteiger partial charge in [-0.1, -0.05) is 12.1 Å². The van der Waals surface area contributed by atoms with Crippen molar-refractivity contribution in [2.75, 3.05) is 13.2 Å². The van der Waals surface area contributed by atoms with Gasteiger partial charge in [0, 0.05) is 6.04 Å².